The molecular weight excluding hydrogens is 242 g/mol. The van der Waals surface area contributed by atoms with E-state index in [1.807, 2.05) is 6.20 Å². The van der Waals surface area contributed by atoms with Crippen molar-refractivity contribution >= 4 is 12.2 Å². The van der Waals surface area contributed by atoms with E-state index in [1.54, 1.807) is 0 Å². The molecule has 0 aromatic carbocycles. The second-order valence-electron chi connectivity index (χ2n) is 7.22. The van der Waals surface area contributed by atoms with Gasteiger partial charge >= 0.3 is 0 Å². The Bertz CT molecular complexity index is 446. The number of nitrogens with zero attached hydrogens (tertiary/aromatic N) is 2. The van der Waals surface area contributed by atoms with Crippen LogP contribution < -0.4 is 0 Å². The summed E-state index contributed by atoms with van der Waals surface area (Å²) in [5, 5.41) is 0. The Morgan fingerprint density at radius 3 is 2.22 bits per heavy atom. The summed E-state index contributed by atoms with van der Waals surface area (Å²) in [5.74, 6) is 0. The maximum absolute atomic E-state index is 5.42. The topological polar surface area (TPSA) is 24.0 Å². The summed E-state index contributed by atoms with van der Waals surface area (Å²) in [6, 6.07) is 0. The van der Waals surface area contributed by atoms with Crippen LogP contribution >= 0.6 is 12.2 Å². The summed E-state index contributed by atoms with van der Waals surface area (Å²) >= 11 is 5.42. The van der Waals surface area contributed by atoms with Crippen molar-refractivity contribution in [1.82, 2.24) is 14.5 Å². The van der Waals surface area contributed by atoms with Gasteiger partial charge in [-0.05, 0) is 31.7 Å². The summed E-state index contributed by atoms with van der Waals surface area (Å²) in [4.78, 5) is 5.41. The van der Waals surface area contributed by atoms with Gasteiger partial charge in [0.1, 0.15) is 0 Å². The minimum absolute atomic E-state index is 0.113. The fraction of sp³-hybridized carbons (Fsp3) is 0.786. The van der Waals surface area contributed by atoms with Crippen LogP contribution in [0, 0.1) is 10.2 Å². The monoisotopic (exact) mass is 269 g/mol. The van der Waals surface area contributed by atoms with E-state index in [-0.39, 0.29) is 10.8 Å². The zero-order valence-corrected chi connectivity index (χ0v) is 13.6. The Morgan fingerprint density at radius 1 is 1.22 bits per heavy atom. The van der Waals surface area contributed by atoms with Gasteiger partial charge in [0, 0.05) is 30.4 Å². The largest absolute Gasteiger partial charge is 0.337 e. The van der Waals surface area contributed by atoms with Crippen LogP contribution in [0.1, 0.15) is 40.3 Å². The first-order chi connectivity index (χ1) is 8.03. The van der Waals surface area contributed by atoms with E-state index in [0.717, 1.165) is 17.9 Å². The highest BCUT2D eigenvalue weighted by atomic mass is 32.1. The lowest BCUT2D eigenvalue weighted by molar-refractivity contribution is 0.206. The van der Waals surface area contributed by atoms with Gasteiger partial charge in [-0.2, -0.15) is 0 Å². The van der Waals surface area contributed by atoms with Crippen LogP contribution in [0.3, 0.4) is 0 Å². The predicted molar refractivity (Wildman–Crippen MR) is 80.7 cm³/mol. The molecule has 0 aliphatic carbocycles. The summed E-state index contributed by atoms with van der Waals surface area (Å²) in [7, 11) is 4.23. The lowest BCUT2D eigenvalue weighted by Crippen LogP contribution is -2.33. The predicted octanol–water partition coefficient (Wildman–Crippen LogP) is 3.43. The number of H-pyrrole nitrogens is 1. The molecule has 1 rings (SSSR count). The molecule has 0 amide bonds. The highest BCUT2D eigenvalue weighted by Gasteiger charge is 2.25. The lowest BCUT2D eigenvalue weighted by Gasteiger charge is -2.31. The normalized spacial score (nSPS) is 13.3. The molecule has 0 spiro atoms. The van der Waals surface area contributed by atoms with Gasteiger partial charge in [-0.1, -0.05) is 34.6 Å². The van der Waals surface area contributed by atoms with E-state index in [1.165, 1.54) is 5.69 Å². The molecule has 0 radical (unpaired) electrons. The summed E-state index contributed by atoms with van der Waals surface area (Å²) in [5.41, 5.74) is 1.59. The van der Waals surface area contributed by atoms with Gasteiger partial charge in [0.25, 0.3) is 0 Å². The first-order valence-corrected chi connectivity index (χ1v) is 6.87. The zero-order chi connectivity index (χ0) is 14.1. The molecule has 0 atom stereocenters. The molecule has 0 saturated carbocycles. The standard InChI is InChI=1S/C14H27N3S/c1-13(2,3)11-8-15-12(18)17(11)10-14(4,5)9-16(6)7/h8H,9-10H2,1-7H3,(H,15,18). The number of aromatic nitrogens is 2. The van der Waals surface area contributed by atoms with Crippen LogP contribution in [0.4, 0.5) is 0 Å². The Morgan fingerprint density at radius 2 is 1.78 bits per heavy atom. The van der Waals surface area contributed by atoms with Gasteiger partial charge in [0.15, 0.2) is 4.77 Å². The quantitative estimate of drug-likeness (QED) is 0.847. The Labute approximate surface area is 116 Å². The number of aromatic amines is 1. The van der Waals surface area contributed by atoms with Crippen LogP contribution in [0.15, 0.2) is 6.20 Å². The Kier molecular flexibility index (Phi) is 4.44. The molecular formula is C14H27N3S. The minimum atomic E-state index is 0.113. The molecule has 0 aliphatic rings. The average Bonchev–Trinajstić information content (AvgIpc) is 2.43. The fourth-order valence-corrected chi connectivity index (χ4v) is 2.73. The first kappa shape index (κ1) is 15.4. The molecule has 0 bridgehead atoms. The van der Waals surface area contributed by atoms with Crippen LogP contribution in [0.5, 0.6) is 0 Å². The minimum Gasteiger partial charge on any atom is -0.337 e. The number of nitrogens with one attached hydrogen (secondary N) is 1. The fourth-order valence-electron chi connectivity index (χ4n) is 2.51. The molecule has 0 saturated heterocycles. The van der Waals surface area contributed by atoms with Crippen molar-refractivity contribution in [2.24, 2.45) is 5.41 Å². The first-order valence-electron chi connectivity index (χ1n) is 6.46. The highest BCUT2D eigenvalue weighted by molar-refractivity contribution is 7.71. The molecule has 0 unspecified atom stereocenters. The van der Waals surface area contributed by atoms with Crippen LogP contribution in [0.25, 0.3) is 0 Å². The maximum atomic E-state index is 5.42. The van der Waals surface area contributed by atoms with Crippen molar-refractivity contribution in [2.45, 2.75) is 46.6 Å². The van der Waals surface area contributed by atoms with Crippen molar-refractivity contribution in [1.29, 1.82) is 0 Å². The van der Waals surface area contributed by atoms with E-state index in [2.05, 4.69) is 63.2 Å². The van der Waals surface area contributed by atoms with E-state index in [9.17, 15) is 0 Å². The number of rotatable bonds is 4. The maximum Gasteiger partial charge on any atom is 0.177 e. The van der Waals surface area contributed by atoms with Crippen LogP contribution in [-0.4, -0.2) is 35.1 Å². The van der Waals surface area contributed by atoms with E-state index >= 15 is 0 Å². The van der Waals surface area contributed by atoms with Crippen molar-refractivity contribution in [3.8, 4) is 0 Å². The Balaban J connectivity index is 3.04. The van der Waals surface area contributed by atoms with Crippen molar-refractivity contribution < 1.29 is 0 Å². The Hall–Kier alpha value is -0.610. The number of imidazole rings is 1. The third-order valence-corrected chi connectivity index (χ3v) is 3.31. The second kappa shape index (κ2) is 5.17. The molecule has 1 heterocycles. The van der Waals surface area contributed by atoms with Crippen LogP contribution in [-0.2, 0) is 12.0 Å². The molecule has 4 heteroatoms. The number of hydrogen-bond acceptors (Lipinski definition) is 2. The summed E-state index contributed by atoms with van der Waals surface area (Å²) in [6.45, 7) is 13.2. The molecule has 104 valence electrons. The molecule has 0 aliphatic heterocycles. The zero-order valence-electron chi connectivity index (χ0n) is 12.8. The molecule has 1 aromatic heterocycles. The second-order valence-corrected chi connectivity index (χ2v) is 7.60. The smallest absolute Gasteiger partial charge is 0.177 e. The SMILES string of the molecule is CN(C)CC(C)(C)Cn1c(C(C)(C)C)c[nH]c1=S. The van der Waals surface area contributed by atoms with Gasteiger partial charge in [0.05, 0.1) is 0 Å². The van der Waals surface area contributed by atoms with E-state index < -0.39 is 0 Å². The molecule has 3 nitrogen and oxygen atoms in total. The highest BCUT2D eigenvalue weighted by Crippen LogP contribution is 2.26. The van der Waals surface area contributed by atoms with Gasteiger partial charge in [0.2, 0.25) is 0 Å². The average molecular weight is 269 g/mol. The third kappa shape index (κ3) is 3.95. The van der Waals surface area contributed by atoms with Gasteiger partial charge in [-0.25, -0.2) is 0 Å². The van der Waals surface area contributed by atoms with E-state index in [0.29, 0.717) is 0 Å². The molecule has 18 heavy (non-hydrogen) atoms. The lowest BCUT2D eigenvalue weighted by atomic mass is 9.89. The third-order valence-electron chi connectivity index (χ3n) is 2.97. The van der Waals surface area contributed by atoms with Crippen molar-refractivity contribution in [3.05, 3.63) is 16.7 Å². The van der Waals surface area contributed by atoms with Crippen LogP contribution in [0.2, 0.25) is 0 Å². The van der Waals surface area contributed by atoms with Gasteiger partial charge in [-0.3, -0.25) is 0 Å². The molecule has 0 fully saturated rings. The molecule has 1 N–H and O–H groups in total. The molecule has 1 aromatic rings. The van der Waals surface area contributed by atoms with E-state index in [4.69, 9.17) is 12.2 Å². The summed E-state index contributed by atoms with van der Waals surface area (Å²) in [6.07, 6.45) is 2.05. The van der Waals surface area contributed by atoms with Crippen molar-refractivity contribution in [2.75, 3.05) is 20.6 Å². The van der Waals surface area contributed by atoms with Crippen molar-refractivity contribution in [3.63, 3.8) is 0 Å². The summed E-state index contributed by atoms with van der Waals surface area (Å²) < 4.78 is 3.07. The number of hydrogen-bond donors (Lipinski definition) is 1. The van der Waals surface area contributed by atoms with Gasteiger partial charge in [-0.15, -0.1) is 0 Å². The van der Waals surface area contributed by atoms with Gasteiger partial charge < -0.3 is 14.5 Å².